The van der Waals surface area contributed by atoms with E-state index in [-0.39, 0.29) is 11.7 Å². The lowest BCUT2D eigenvalue weighted by Gasteiger charge is -2.14. The van der Waals surface area contributed by atoms with Crippen LogP contribution in [0.2, 0.25) is 0 Å². The molecule has 0 bridgehead atoms. The number of hydrogen-bond donors (Lipinski definition) is 1. The first-order valence-corrected chi connectivity index (χ1v) is 5.64. The fourth-order valence-electron chi connectivity index (χ4n) is 1.90. The van der Waals surface area contributed by atoms with Gasteiger partial charge in [-0.05, 0) is 42.3 Å². The zero-order chi connectivity index (χ0) is 12.1. The van der Waals surface area contributed by atoms with Gasteiger partial charge in [0.25, 0.3) is 0 Å². The molecule has 1 aromatic carbocycles. The zero-order valence-electron chi connectivity index (χ0n) is 9.51. The average Bonchev–Trinajstić information content (AvgIpc) is 2.37. The molecule has 1 unspecified atom stereocenters. The summed E-state index contributed by atoms with van der Waals surface area (Å²) in [5.41, 5.74) is 7.83. The molecule has 17 heavy (non-hydrogen) atoms. The third kappa shape index (κ3) is 3.11. The Morgan fingerprint density at radius 1 is 1.24 bits per heavy atom. The van der Waals surface area contributed by atoms with Gasteiger partial charge in [-0.25, -0.2) is 4.39 Å². The molecule has 0 saturated heterocycles. The summed E-state index contributed by atoms with van der Waals surface area (Å²) < 4.78 is 13.1. The van der Waals surface area contributed by atoms with Gasteiger partial charge >= 0.3 is 0 Å². The molecule has 0 aliphatic rings. The number of nitrogens with two attached hydrogens (primary N) is 1. The number of pyridine rings is 1. The number of rotatable bonds is 4. The maximum absolute atomic E-state index is 13.1. The fraction of sp³-hybridized carbons (Fsp3) is 0.214. The molecule has 0 aliphatic carbocycles. The summed E-state index contributed by atoms with van der Waals surface area (Å²) in [6, 6.07) is 10.5. The maximum Gasteiger partial charge on any atom is 0.123 e. The Hall–Kier alpha value is -1.74. The van der Waals surface area contributed by atoms with Crippen LogP contribution < -0.4 is 5.73 Å². The zero-order valence-corrected chi connectivity index (χ0v) is 9.51. The van der Waals surface area contributed by atoms with E-state index in [1.54, 1.807) is 18.3 Å². The van der Waals surface area contributed by atoms with Crippen LogP contribution in [0.1, 0.15) is 17.0 Å². The molecule has 2 N–H and O–H groups in total. The van der Waals surface area contributed by atoms with Gasteiger partial charge in [-0.15, -0.1) is 0 Å². The molecular weight excluding hydrogens is 215 g/mol. The summed E-state index contributed by atoms with van der Waals surface area (Å²) in [6.07, 6.45) is 4.29. The molecule has 2 nitrogen and oxygen atoms in total. The molecule has 2 rings (SSSR count). The molecular formula is C14H15FN2. The largest absolute Gasteiger partial charge is 0.330 e. The third-order valence-corrected chi connectivity index (χ3v) is 2.81. The first-order chi connectivity index (χ1) is 8.29. The molecule has 0 radical (unpaired) electrons. The number of hydrogen-bond acceptors (Lipinski definition) is 2. The van der Waals surface area contributed by atoms with Crippen LogP contribution in [0.5, 0.6) is 0 Å². The Morgan fingerprint density at radius 2 is 2.12 bits per heavy atom. The molecule has 3 heteroatoms. The van der Waals surface area contributed by atoms with Crippen LogP contribution in [0.4, 0.5) is 4.39 Å². The summed E-state index contributed by atoms with van der Waals surface area (Å²) in [6.45, 7) is 0.530. The van der Waals surface area contributed by atoms with E-state index in [0.29, 0.717) is 6.54 Å². The van der Waals surface area contributed by atoms with Crippen molar-refractivity contribution in [2.45, 2.75) is 12.3 Å². The summed E-state index contributed by atoms with van der Waals surface area (Å²) in [5, 5.41) is 0. The van der Waals surface area contributed by atoms with Crippen LogP contribution in [0, 0.1) is 5.82 Å². The lowest BCUT2D eigenvalue weighted by atomic mass is 9.93. The van der Waals surface area contributed by atoms with Crippen molar-refractivity contribution in [1.82, 2.24) is 4.98 Å². The molecule has 0 aliphatic heterocycles. The molecule has 88 valence electrons. The normalized spacial score (nSPS) is 12.4. The Kier molecular flexibility index (Phi) is 3.83. The van der Waals surface area contributed by atoms with Gasteiger partial charge in [-0.1, -0.05) is 18.2 Å². The van der Waals surface area contributed by atoms with E-state index in [4.69, 9.17) is 5.73 Å². The smallest absolute Gasteiger partial charge is 0.123 e. The van der Waals surface area contributed by atoms with Crippen molar-refractivity contribution in [3.05, 3.63) is 65.7 Å². The highest BCUT2D eigenvalue weighted by Crippen LogP contribution is 2.19. The van der Waals surface area contributed by atoms with Crippen LogP contribution >= 0.6 is 0 Å². The van der Waals surface area contributed by atoms with E-state index >= 15 is 0 Å². The summed E-state index contributed by atoms with van der Waals surface area (Å²) in [4.78, 5) is 4.08. The quantitative estimate of drug-likeness (QED) is 0.876. The molecule has 0 spiro atoms. The van der Waals surface area contributed by atoms with E-state index in [2.05, 4.69) is 4.98 Å². The Bertz CT molecular complexity index is 471. The van der Waals surface area contributed by atoms with Gasteiger partial charge < -0.3 is 5.73 Å². The van der Waals surface area contributed by atoms with E-state index in [0.717, 1.165) is 17.5 Å². The number of benzene rings is 1. The molecule has 0 amide bonds. The Morgan fingerprint density at radius 3 is 2.76 bits per heavy atom. The number of halogens is 1. The van der Waals surface area contributed by atoms with Crippen molar-refractivity contribution < 1.29 is 4.39 Å². The molecule has 2 aromatic rings. The molecule has 1 aromatic heterocycles. The Balaban J connectivity index is 2.16. The molecule has 1 heterocycles. The van der Waals surface area contributed by atoms with Gasteiger partial charge in [-0.2, -0.15) is 0 Å². The number of nitrogens with zero attached hydrogens (tertiary/aromatic N) is 1. The van der Waals surface area contributed by atoms with Gasteiger partial charge in [0.1, 0.15) is 5.82 Å². The molecule has 0 saturated carbocycles. The number of aromatic nitrogens is 1. The Labute approximate surface area is 100 Å². The first-order valence-electron chi connectivity index (χ1n) is 5.64. The van der Waals surface area contributed by atoms with Crippen molar-refractivity contribution in [3.63, 3.8) is 0 Å². The van der Waals surface area contributed by atoms with Gasteiger partial charge in [0, 0.05) is 18.3 Å². The van der Waals surface area contributed by atoms with Gasteiger partial charge in [0.2, 0.25) is 0 Å². The van der Waals surface area contributed by atoms with Crippen LogP contribution in [-0.2, 0) is 6.42 Å². The minimum absolute atomic E-state index is 0.186. The predicted molar refractivity (Wildman–Crippen MR) is 66.1 cm³/mol. The second-order valence-electron chi connectivity index (χ2n) is 4.05. The second-order valence-corrected chi connectivity index (χ2v) is 4.05. The van der Waals surface area contributed by atoms with E-state index in [1.165, 1.54) is 6.07 Å². The van der Waals surface area contributed by atoms with Crippen LogP contribution in [0.25, 0.3) is 0 Å². The van der Waals surface area contributed by atoms with E-state index in [9.17, 15) is 4.39 Å². The van der Waals surface area contributed by atoms with Crippen LogP contribution in [0.15, 0.2) is 48.8 Å². The van der Waals surface area contributed by atoms with Gasteiger partial charge in [0.05, 0.1) is 0 Å². The van der Waals surface area contributed by atoms with Crippen molar-refractivity contribution in [1.29, 1.82) is 0 Å². The highest BCUT2D eigenvalue weighted by molar-refractivity contribution is 5.22. The molecule has 0 fully saturated rings. The summed E-state index contributed by atoms with van der Waals surface area (Å²) >= 11 is 0. The first kappa shape index (κ1) is 11.7. The SMILES string of the molecule is NCC(Cc1cccc(F)c1)c1cccnc1. The van der Waals surface area contributed by atoms with Gasteiger partial charge in [0.15, 0.2) is 0 Å². The van der Waals surface area contributed by atoms with Crippen molar-refractivity contribution in [3.8, 4) is 0 Å². The lowest BCUT2D eigenvalue weighted by Crippen LogP contribution is -2.15. The average molecular weight is 230 g/mol. The van der Waals surface area contributed by atoms with Crippen LogP contribution in [0.3, 0.4) is 0 Å². The lowest BCUT2D eigenvalue weighted by molar-refractivity contribution is 0.620. The fourth-order valence-corrected chi connectivity index (χ4v) is 1.90. The third-order valence-electron chi connectivity index (χ3n) is 2.81. The minimum atomic E-state index is -0.204. The standard InChI is InChI=1S/C14H15FN2/c15-14-5-1-3-11(8-14)7-13(9-16)12-4-2-6-17-10-12/h1-6,8,10,13H,7,9,16H2. The van der Waals surface area contributed by atoms with E-state index in [1.807, 2.05) is 24.4 Å². The van der Waals surface area contributed by atoms with Crippen LogP contribution in [-0.4, -0.2) is 11.5 Å². The highest BCUT2D eigenvalue weighted by Gasteiger charge is 2.10. The summed E-state index contributed by atoms with van der Waals surface area (Å²) in [5.74, 6) is -0.0186. The monoisotopic (exact) mass is 230 g/mol. The predicted octanol–water partition coefficient (Wildman–Crippen LogP) is 2.51. The maximum atomic E-state index is 13.1. The highest BCUT2D eigenvalue weighted by atomic mass is 19.1. The molecule has 1 atom stereocenters. The van der Waals surface area contributed by atoms with Crippen molar-refractivity contribution in [2.24, 2.45) is 5.73 Å². The topological polar surface area (TPSA) is 38.9 Å². The van der Waals surface area contributed by atoms with E-state index < -0.39 is 0 Å². The minimum Gasteiger partial charge on any atom is -0.330 e. The van der Waals surface area contributed by atoms with Crippen molar-refractivity contribution >= 4 is 0 Å². The summed E-state index contributed by atoms with van der Waals surface area (Å²) in [7, 11) is 0. The second kappa shape index (κ2) is 5.55. The van der Waals surface area contributed by atoms with Gasteiger partial charge in [-0.3, -0.25) is 4.98 Å². The van der Waals surface area contributed by atoms with Crippen molar-refractivity contribution in [2.75, 3.05) is 6.54 Å².